The lowest BCUT2D eigenvalue weighted by Gasteiger charge is -2.36. The fourth-order valence-electron chi connectivity index (χ4n) is 2.59. The van der Waals surface area contributed by atoms with E-state index in [-0.39, 0.29) is 0 Å². The molecule has 0 bridgehead atoms. The van der Waals surface area contributed by atoms with Crippen LogP contribution in [-0.4, -0.2) is 32.5 Å². The van der Waals surface area contributed by atoms with E-state index < -0.39 is 0 Å². The number of rotatable bonds is 3. The van der Waals surface area contributed by atoms with Crippen molar-refractivity contribution >= 4 is 28.3 Å². The Labute approximate surface area is 123 Å². The smallest absolute Gasteiger partial charge is 0.160 e. The molecule has 1 aromatic carbocycles. The fourth-order valence-corrected chi connectivity index (χ4v) is 3.46. The van der Waals surface area contributed by atoms with Gasteiger partial charge in [0, 0.05) is 31.9 Å². The second-order valence-corrected chi connectivity index (χ2v) is 6.20. The Morgan fingerprint density at radius 2 is 1.80 bits per heavy atom. The first-order chi connectivity index (χ1) is 9.76. The van der Waals surface area contributed by atoms with Crippen molar-refractivity contribution in [1.82, 2.24) is 0 Å². The molecule has 1 aromatic heterocycles. The van der Waals surface area contributed by atoms with Gasteiger partial charge in [-0.2, -0.15) is 0 Å². The van der Waals surface area contributed by atoms with E-state index in [2.05, 4.69) is 47.1 Å². The van der Waals surface area contributed by atoms with Crippen molar-refractivity contribution in [3.63, 3.8) is 0 Å². The van der Waals surface area contributed by atoms with Crippen LogP contribution < -0.4 is 9.80 Å². The number of aldehydes is 1. The van der Waals surface area contributed by atoms with E-state index in [0.29, 0.717) is 0 Å². The maximum absolute atomic E-state index is 10.8. The van der Waals surface area contributed by atoms with Crippen molar-refractivity contribution in [2.75, 3.05) is 36.0 Å². The third-order valence-corrected chi connectivity index (χ3v) is 4.76. The Morgan fingerprint density at radius 3 is 2.45 bits per heavy atom. The van der Waals surface area contributed by atoms with E-state index in [9.17, 15) is 4.79 Å². The molecule has 3 nitrogen and oxygen atoms in total. The van der Waals surface area contributed by atoms with Crippen molar-refractivity contribution < 1.29 is 4.79 Å². The number of thiophene rings is 1. The van der Waals surface area contributed by atoms with Crippen LogP contribution in [0, 0.1) is 6.92 Å². The molecule has 1 aliphatic rings. The van der Waals surface area contributed by atoms with Gasteiger partial charge in [-0.1, -0.05) is 12.1 Å². The van der Waals surface area contributed by atoms with Crippen LogP contribution in [0.15, 0.2) is 36.4 Å². The summed E-state index contributed by atoms with van der Waals surface area (Å²) in [7, 11) is 0. The van der Waals surface area contributed by atoms with Crippen LogP contribution >= 0.6 is 11.3 Å². The standard InChI is InChI=1S/C16H18N2OS/c1-13-3-2-4-14(11-13)17-7-9-18(10-8-17)16-6-5-15(12-19)20-16/h2-6,11-12H,7-10H2,1H3. The summed E-state index contributed by atoms with van der Waals surface area (Å²) in [6, 6.07) is 12.6. The van der Waals surface area contributed by atoms with Gasteiger partial charge >= 0.3 is 0 Å². The van der Waals surface area contributed by atoms with Gasteiger partial charge in [-0.05, 0) is 36.8 Å². The molecule has 0 saturated carbocycles. The fraction of sp³-hybridized carbons (Fsp3) is 0.312. The molecule has 0 atom stereocenters. The zero-order valence-electron chi connectivity index (χ0n) is 11.6. The van der Waals surface area contributed by atoms with Crippen LogP contribution in [0.1, 0.15) is 15.2 Å². The van der Waals surface area contributed by atoms with Gasteiger partial charge in [-0.3, -0.25) is 4.79 Å². The van der Waals surface area contributed by atoms with E-state index in [1.165, 1.54) is 16.3 Å². The minimum Gasteiger partial charge on any atom is -0.368 e. The Kier molecular flexibility index (Phi) is 3.74. The molecule has 0 spiro atoms. The molecule has 0 amide bonds. The highest BCUT2D eigenvalue weighted by Crippen LogP contribution is 2.27. The third kappa shape index (κ3) is 2.70. The molecule has 0 unspecified atom stereocenters. The van der Waals surface area contributed by atoms with Gasteiger partial charge in [-0.25, -0.2) is 0 Å². The molecule has 2 aromatic rings. The molecule has 0 N–H and O–H groups in total. The molecule has 104 valence electrons. The van der Waals surface area contributed by atoms with Crippen LogP contribution in [0.2, 0.25) is 0 Å². The van der Waals surface area contributed by atoms with E-state index in [1.54, 1.807) is 11.3 Å². The highest BCUT2D eigenvalue weighted by Gasteiger charge is 2.18. The molecule has 1 saturated heterocycles. The average Bonchev–Trinajstić information content (AvgIpc) is 2.96. The number of carbonyl (C=O) groups is 1. The van der Waals surface area contributed by atoms with Crippen molar-refractivity contribution in [1.29, 1.82) is 0 Å². The summed E-state index contributed by atoms with van der Waals surface area (Å²) in [5, 5.41) is 1.20. The topological polar surface area (TPSA) is 23.6 Å². The Morgan fingerprint density at radius 1 is 1.05 bits per heavy atom. The van der Waals surface area contributed by atoms with Gasteiger partial charge in [0.15, 0.2) is 6.29 Å². The lowest BCUT2D eigenvalue weighted by molar-refractivity contribution is 0.112. The first kappa shape index (κ1) is 13.2. The van der Waals surface area contributed by atoms with Crippen molar-refractivity contribution in [2.24, 2.45) is 0 Å². The lowest BCUT2D eigenvalue weighted by Crippen LogP contribution is -2.46. The zero-order valence-corrected chi connectivity index (χ0v) is 12.4. The van der Waals surface area contributed by atoms with E-state index >= 15 is 0 Å². The van der Waals surface area contributed by atoms with Gasteiger partial charge in [-0.15, -0.1) is 11.3 Å². The van der Waals surface area contributed by atoms with Crippen LogP contribution in [-0.2, 0) is 0 Å². The van der Waals surface area contributed by atoms with Crippen molar-refractivity contribution in [3.05, 3.63) is 46.8 Å². The van der Waals surface area contributed by atoms with E-state index in [1.807, 2.05) is 6.07 Å². The molecule has 3 rings (SSSR count). The SMILES string of the molecule is Cc1cccc(N2CCN(c3ccc(C=O)s3)CC2)c1. The molecule has 1 fully saturated rings. The summed E-state index contributed by atoms with van der Waals surface area (Å²) in [5.74, 6) is 0. The van der Waals surface area contributed by atoms with E-state index in [4.69, 9.17) is 0 Å². The van der Waals surface area contributed by atoms with Crippen molar-refractivity contribution in [3.8, 4) is 0 Å². The summed E-state index contributed by atoms with van der Waals surface area (Å²) in [5.41, 5.74) is 2.61. The minimum atomic E-state index is 0.807. The van der Waals surface area contributed by atoms with Gasteiger partial charge in [0.05, 0.1) is 9.88 Å². The lowest BCUT2D eigenvalue weighted by atomic mass is 10.2. The predicted octanol–water partition coefficient (Wildman–Crippen LogP) is 3.20. The van der Waals surface area contributed by atoms with Crippen molar-refractivity contribution in [2.45, 2.75) is 6.92 Å². The van der Waals surface area contributed by atoms with E-state index in [0.717, 1.165) is 37.3 Å². The molecule has 1 aliphatic heterocycles. The van der Waals surface area contributed by atoms with Gasteiger partial charge < -0.3 is 9.80 Å². The van der Waals surface area contributed by atoms with Gasteiger partial charge in [0.2, 0.25) is 0 Å². The maximum atomic E-state index is 10.8. The molecule has 2 heterocycles. The molecular formula is C16H18N2OS. The molecule has 0 radical (unpaired) electrons. The normalized spacial score (nSPS) is 15.4. The Bertz CT molecular complexity index is 600. The second-order valence-electron chi connectivity index (χ2n) is 5.11. The Hall–Kier alpha value is -1.81. The number of nitrogens with zero attached hydrogens (tertiary/aromatic N) is 2. The predicted molar refractivity (Wildman–Crippen MR) is 85.3 cm³/mol. The molecule has 0 aliphatic carbocycles. The Balaban J connectivity index is 1.66. The number of piperazine rings is 1. The molecular weight excluding hydrogens is 268 g/mol. The van der Waals surface area contributed by atoms with Crippen LogP contribution in [0.3, 0.4) is 0 Å². The number of aryl methyl sites for hydroxylation is 1. The van der Waals surface area contributed by atoms with Crippen LogP contribution in [0.5, 0.6) is 0 Å². The highest BCUT2D eigenvalue weighted by atomic mass is 32.1. The number of hydrogen-bond donors (Lipinski definition) is 0. The summed E-state index contributed by atoms with van der Waals surface area (Å²) >= 11 is 1.58. The highest BCUT2D eigenvalue weighted by molar-refractivity contribution is 7.17. The third-order valence-electron chi connectivity index (χ3n) is 3.69. The van der Waals surface area contributed by atoms with Crippen LogP contribution in [0.4, 0.5) is 10.7 Å². The summed E-state index contributed by atoms with van der Waals surface area (Å²) in [4.78, 5) is 16.4. The summed E-state index contributed by atoms with van der Waals surface area (Å²) in [6.07, 6.45) is 0.928. The quantitative estimate of drug-likeness (QED) is 0.810. The first-order valence-electron chi connectivity index (χ1n) is 6.88. The van der Waals surface area contributed by atoms with Gasteiger partial charge in [0.25, 0.3) is 0 Å². The maximum Gasteiger partial charge on any atom is 0.160 e. The molecule has 4 heteroatoms. The monoisotopic (exact) mass is 286 g/mol. The number of benzene rings is 1. The summed E-state index contributed by atoms with van der Waals surface area (Å²) < 4.78 is 0. The van der Waals surface area contributed by atoms with Gasteiger partial charge in [0.1, 0.15) is 0 Å². The second kappa shape index (κ2) is 5.67. The van der Waals surface area contributed by atoms with Crippen LogP contribution in [0.25, 0.3) is 0 Å². The summed E-state index contributed by atoms with van der Waals surface area (Å²) in [6.45, 7) is 6.20. The zero-order chi connectivity index (χ0) is 13.9. The number of hydrogen-bond acceptors (Lipinski definition) is 4. The molecule has 20 heavy (non-hydrogen) atoms. The number of carbonyl (C=O) groups excluding carboxylic acids is 1. The average molecular weight is 286 g/mol. The minimum absolute atomic E-state index is 0.807. The first-order valence-corrected chi connectivity index (χ1v) is 7.69. The largest absolute Gasteiger partial charge is 0.368 e. The number of anilines is 2.